The molecule has 0 radical (unpaired) electrons. The lowest BCUT2D eigenvalue weighted by Gasteiger charge is -2.12. The maximum absolute atomic E-state index is 12.7. The SMILES string of the molecule is O=C(O)Cn1nc(C(F)F)c2c1C(=O)CCC2. The largest absolute Gasteiger partial charge is 0.480 e. The summed E-state index contributed by atoms with van der Waals surface area (Å²) in [4.78, 5) is 22.2. The molecule has 1 aliphatic rings. The van der Waals surface area contributed by atoms with Crippen LogP contribution in [0, 0.1) is 0 Å². The molecule has 1 N–H and O–H groups in total. The fourth-order valence-corrected chi connectivity index (χ4v) is 2.04. The summed E-state index contributed by atoms with van der Waals surface area (Å²) in [5.41, 5.74) is -0.222. The molecular weight excluding hydrogens is 234 g/mol. The van der Waals surface area contributed by atoms with Gasteiger partial charge in [0.25, 0.3) is 6.43 Å². The van der Waals surface area contributed by atoms with Gasteiger partial charge in [-0.2, -0.15) is 5.10 Å². The standard InChI is InChI=1S/C10H10F2N2O3/c11-10(12)8-5-2-1-3-6(15)9(5)14(13-8)4-7(16)17/h10H,1-4H2,(H,16,17). The summed E-state index contributed by atoms with van der Waals surface area (Å²) in [5, 5.41) is 12.2. The predicted octanol–water partition coefficient (Wildman–Crippen LogP) is 1.42. The minimum absolute atomic E-state index is 0.0361. The van der Waals surface area contributed by atoms with Gasteiger partial charge >= 0.3 is 5.97 Å². The summed E-state index contributed by atoms with van der Waals surface area (Å²) >= 11 is 0. The minimum atomic E-state index is -2.79. The van der Waals surface area contributed by atoms with E-state index >= 15 is 0 Å². The van der Waals surface area contributed by atoms with Crippen molar-refractivity contribution in [2.24, 2.45) is 0 Å². The molecule has 1 aliphatic carbocycles. The van der Waals surface area contributed by atoms with E-state index in [2.05, 4.69) is 5.10 Å². The number of carboxylic acid groups (broad SMARTS) is 1. The van der Waals surface area contributed by atoms with Crippen LogP contribution in [0.5, 0.6) is 0 Å². The summed E-state index contributed by atoms with van der Waals surface area (Å²) in [6, 6.07) is 0. The van der Waals surface area contributed by atoms with Crippen LogP contribution in [0.2, 0.25) is 0 Å². The summed E-state index contributed by atoms with van der Waals surface area (Å²) < 4.78 is 26.3. The van der Waals surface area contributed by atoms with Crippen molar-refractivity contribution < 1.29 is 23.5 Å². The second-order valence-electron chi connectivity index (χ2n) is 3.84. The molecular formula is C10H10F2N2O3. The molecule has 0 aromatic carbocycles. The number of rotatable bonds is 3. The monoisotopic (exact) mass is 244 g/mol. The van der Waals surface area contributed by atoms with Crippen molar-refractivity contribution in [2.45, 2.75) is 32.2 Å². The first kappa shape index (κ1) is 11.7. The number of hydrogen-bond donors (Lipinski definition) is 1. The van der Waals surface area contributed by atoms with Crippen molar-refractivity contribution in [3.8, 4) is 0 Å². The maximum Gasteiger partial charge on any atom is 0.325 e. The Morgan fingerprint density at radius 2 is 2.18 bits per heavy atom. The number of Topliss-reactive ketones (excluding diaryl/α,β-unsaturated/α-hetero) is 1. The van der Waals surface area contributed by atoms with Gasteiger partial charge in [-0.1, -0.05) is 0 Å². The van der Waals surface area contributed by atoms with Crippen LogP contribution in [0.3, 0.4) is 0 Å². The highest BCUT2D eigenvalue weighted by Crippen LogP contribution is 2.30. The van der Waals surface area contributed by atoms with E-state index in [9.17, 15) is 18.4 Å². The number of aliphatic carboxylic acids is 1. The third-order valence-electron chi connectivity index (χ3n) is 2.67. The van der Waals surface area contributed by atoms with Crippen LogP contribution in [0.4, 0.5) is 8.78 Å². The highest BCUT2D eigenvalue weighted by molar-refractivity contribution is 5.97. The molecule has 0 saturated heterocycles. The quantitative estimate of drug-likeness (QED) is 0.872. The molecule has 1 aromatic heterocycles. The molecule has 7 heteroatoms. The summed E-state index contributed by atoms with van der Waals surface area (Å²) in [7, 11) is 0. The number of carbonyl (C=O) groups excluding carboxylic acids is 1. The smallest absolute Gasteiger partial charge is 0.325 e. The first-order chi connectivity index (χ1) is 8.00. The summed E-state index contributed by atoms with van der Waals surface area (Å²) in [6.45, 7) is -0.569. The predicted molar refractivity (Wildman–Crippen MR) is 52.1 cm³/mol. The molecule has 1 aromatic rings. The van der Waals surface area contributed by atoms with Gasteiger partial charge in [0.1, 0.15) is 17.9 Å². The fourth-order valence-electron chi connectivity index (χ4n) is 2.04. The average Bonchev–Trinajstić information content (AvgIpc) is 2.57. The number of hydrogen-bond acceptors (Lipinski definition) is 3. The Balaban J connectivity index is 2.52. The second kappa shape index (κ2) is 4.23. The molecule has 2 rings (SSSR count). The van der Waals surface area contributed by atoms with Gasteiger partial charge in [0.05, 0.1) is 0 Å². The van der Waals surface area contributed by atoms with Crippen LogP contribution < -0.4 is 0 Å². The zero-order valence-electron chi connectivity index (χ0n) is 8.82. The van der Waals surface area contributed by atoms with Crippen molar-refractivity contribution >= 4 is 11.8 Å². The third-order valence-corrected chi connectivity index (χ3v) is 2.67. The summed E-state index contributed by atoms with van der Waals surface area (Å²) in [6.07, 6.45) is -1.68. The Hall–Kier alpha value is -1.79. The van der Waals surface area contributed by atoms with Crippen LogP contribution in [-0.2, 0) is 17.8 Å². The summed E-state index contributed by atoms with van der Waals surface area (Å²) in [5.74, 6) is -1.53. The van der Waals surface area contributed by atoms with E-state index in [4.69, 9.17) is 5.11 Å². The Labute approximate surface area is 95.0 Å². The lowest BCUT2D eigenvalue weighted by molar-refractivity contribution is -0.137. The van der Waals surface area contributed by atoms with E-state index in [0.717, 1.165) is 4.68 Å². The zero-order valence-corrected chi connectivity index (χ0v) is 8.82. The van der Waals surface area contributed by atoms with E-state index in [1.807, 2.05) is 0 Å². The minimum Gasteiger partial charge on any atom is -0.480 e. The first-order valence-corrected chi connectivity index (χ1v) is 5.13. The molecule has 0 fully saturated rings. The Bertz CT molecular complexity index is 482. The molecule has 0 amide bonds. The number of carboxylic acids is 1. The highest BCUT2D eigenvalue weighted by atomic mass is 19.3. The maximum atomic E-state index is 12.7. The van der Waals surface area contributed by atoms with Gasteiger partial charge in [0.2, 0.25) is 0 Å². The average molecular weight is 244 g/mol. The van der Waals surface area contributed by atoms with Gasteiger partial charge in [-0.05, 0) is 12.8 Å². The normalized spacial score (nSPS) is 15.1. The second-order valence-corrected chi connectivity index (χ2v) is 3.84. The molecule has 0 aliphatic heterocycles. The molecule has 0 saturated carbocycles. The Morgan fingerprint density at radius 1 is 1.47 bits per heavy atom. The van der Waals surface area contributed by atoms with E-state index < -0.39 is 24.6 Å². The molecule has 17 heavy (non-hydrogen) atoms. The van der Waals surface area contributed by atoms with Crippen LogP contribution in [0.15, 0.2) is 0 Å². The molecule has 92 valence electrons. The van der Waals surface area contributed by atoms with Crippen LogP contribution in [0.25, 0.3) is 0 Å². The number of aromatic nitrogens is 2. The molecule has 0 unspecified atom stereocenters. The molecule has 1 heterocycles. The molecule has 0 spiro atoms. The third kappa shape index (κ3) is 2.04. The van der Waals surface area contributed by atoms with Crippen LogP contribution in [0.1, 0.15) is 41.0 Å². The number of carbonyl (C=O) groups is 2. The lowest BCUT2D eigenvalue weighted by Crippen LogP contribution is -2.19. The number of nitrogens with zero attached hydrogens (tertiary/aromatic N) is 2. The lowest BCUT2D eigenvalue weighted by atomic mass is 9.94. The van der Waals surface area contributed by atoms with E-state index in [1.54, 1.807) is 0 Å². The molecule has 0 bridgehead atoms. The fraction of sp³-hybridized carbons (Fsp3) is 0.500. The highest BCUT2D eigenvalue weighted by Gasteiger charge is 2.30. The van der Waals surface area contributed by atoms with Gasteiger partial charge in [0, 0.05) is 12.0 Å². The van der Waals surface area contributed by atoms with Crippen molar-refractivity contribution in [2.75, 3.05) is 0 Å². The number of fused-ring (bicyclic) bond motifs is 1. The van der Waals surface area contributed by atoms with E-state index in [1.165, 1.54) is 0 Å². The van der Waals surface area contributed by atoms with E-state index in [-0.39, 0.29) is 23.5 Å². The Morgan fingerprint density at radius 3 is 2.76 bits per heavy atom. The van der Waals surface area contributed by atoms with Gasteiger partial charge in [-0.15, -0.1) is 0 Å². The van der Waals surface area contributed by atoms with Crippen molar-refractivity contribution in [1.29, 1.82) is 0 Å². The van der Waals surface area contributed by atoms with Crippen LogP contribution in [-0.4, -0.2) is 26.6 Å². The van der Waals surface area contributed by atoms with Crippen molar-refractivity contribution in [3.05, 3.63) is 17.0 Å². The Kier molecular flexibility index (Phi) is 2.91. The zero-order chi connectivity index (χ0) is 12.6. The number of alkyl halides is 2. The van der Waals surface area contributed by atoms with Crippen molar-refractivity contribution in [1.82, 2.24) is 9.78 Å². The molecule has 5 nitrogen and oxygen atoms in total. The van der Waals surface area contributed by atoms with Gasteiger partial charge in [0.15, 0.2) is 5.78 Å². The van der Waals surface area contributed by atoms with Gasteiger partial charge in [-0.25, -0.2) is 13.5 Å². The van der Waals surface area contributed by atoms with Crippen LogP contribution >= 0.6 is 0 Å². The first-order valence-electron chi connectivity index (χ1n) is 5.13. The van der Waals surface area contributed by atoms with Crippen molar-refractivity contribution in [3.63, 3.8) is 0 Å². The number of halogens is 2. The van der Waals surface area contributed by atoms with E-state index in [0.29, 0.717) is 12.8 Å². The topological polar surface area (TPSA) is 72.2 Å². The molecule has 0 atom stereocenters. The van der Waals surface area contributed by atoms with Gasteiger partial charge < -0.3 is 5.11 Å². The number of ketones is 1. The van der Waals surface area contributed by atoms with Gasteiger partial charge in [-0.3, -0.25) is 9.59 Å².